The third-order valence-electron chi connectivity index (χ3n) is 1.48. The molecule has 0 aliphatic carbocycles. The monoisotopic (exact) mass is 159 g/mol. The first kappa shape index (κ1) is 7.84. The standard InChI is InChI=1S/C6H9NO4/c8-5-4(11-6(9)10)2-1-3-7-5/h4H,1-3H2,(H,7,8)(H,9,10)/t4-/m1/s1. The SMILES string of the molecule is O=C(O)O[C@@H]1CCCNC1=O. The van der Waals surface area contributed by atoms with Crippen molar-refractivity contribution < 1.29 is 19.4 Å². The number of amides is 1. The van der Waals surface area contributed by atoms with E-state index in [9.17, 15) is 9.59 Å². The van der Waals surface area contributed by atoms with Gasteiger partial charge in [0.25, 0.3) is 5.91 Å². The molecule has 1 aliphatic heterocycles. The van der Waals surface area contributed by atoms with Crippen LogP contribution in [-0.2, 0) is 9.53 Å². The molecule has 11 heavy (non-hydrogen) atoms. The van der Waals surface area contributed by atoms with Crippen LogP contribution >= 0.6 is 0 Å². The molecule has 5 nitrogen and oxygen atoms in total. The van der Waals surface area contributed by atoms with Crippen LogP contribution in [0.25, 0.3) is 0 Å². The Morgan fingerprint density at radius 2 is 2.45 bits per heavy atom. The minimum Gasteiger partial charge on any atom is -0.450 e. The second-order valence-electron chi connectivity index (χ2n) is 2.31. The van der Waals surface area contributed by atoms with Gasteiger partial charge in [0.15, 0.2) is 6.10 Å². The lowest BCUT2D eigenvalue weighted by atomic mass is 10.1. The fourth-order valence-corrected chi connectivity index (χ4v) is 0.978. The summed E-state index contributed by atoms with van der Waals surface area (Å²) in [6.45, 7) is 0.609. The average molecular weight is 159 g/mol. The van der Waals surface area contributed by atoms with Crippen LogP contribution < -0.4 is 5.32 Å². The van der Waals surface area contributed by atoms with Gasteiger partial charge in [0.05, 0.1) is 0 Å². The van der Waals surface area contributed by atoms with Crippen molar-refractivity contribution in [3.05, 3.63) is 0 Å². The first-order valence-corrected chi connectivity index (χ1v) is 3.37. The van der Waals surface area contributed by atoms with Gasteiger partial charge in [-0.05, 0) is 12.8 Å². The summed E-state index contributed by atoms with van der Waals surface area (Å²) in [7, 11) is 0. The lowest BCUT2D eigenvalue weighted by Crippen LogP contribution is -2.42. The maximum atomic E-state index is 10.8. The van der Waals surface area contributed by atoms with Crippen molar-refractivity contribution in [1.29, 1.82) is 0 Å². The van der Waals surface area contributed by atoms with Crippen LogP contribution in [0.2, 0.25) is 0 Å². The smallest absolute Gasteiger partial charge is 0.450 e. The Morgan fingerprint density at radius 3 is 3.00 bits per heavy atom. The van der Waals surface area contributed by atoms with Gasteiger partial charge >= 0.3 is 6.16 Å². The lowest BCUT2D eigenvalue weighted by Gasteiger charge is -2.19. The van der Waals surface area contributed by atoms with Gasteiger partial charge in [-0.15, -0.1) is 0 Å². The molecule has 5 heteroatoms. The second kappa shape index (κ2) is 3.23. The first-order chi connectivity index (χ1) is 5.20. The topological polar surface area (TPSA) is 75.6 Å². The van der Waals surface area contributed by atoms with E-state index in [1.165, 1.54) is 0 Å². The third kappa shape index (κ3) is 2.10. The Morgan fingerprint density at radius 1 is 1.73 bits per heavy atom. The van der Waals surface area contributed by atoms with Crippen LogP contribution in [0.15, 0.2) is 0 Å². The van der Waals surface area contributed by atoms with E-state index in [2.05, 4.69) is 10.1 Å². The molecule has 1 aliphatic rings. The molecule has 62 valence electrons. The number of carbonyl (C=O) groups is 2. The molecule has 0 aromatic rings. The van der Waals surface area contributed by atoms with E-state index in [0.29, 0.717) is 13.0 Å². The van der Waals surface area contributed by atoms with Crippen LogP contribution in [0, 0.1) is 0 Å². The predicted octanol–water partition coefficient (Wildman–Crippen LogP) is -0.0404. The maximum Gasteiger partial charge on any atom is 0.506 e. The summed E-state index contributed by atoms with van der Waals surface area (Å²) in [5.41, 5.74) is 0. The van der Waals surface area contributed by atoms with Crippen molar-refractivity contribution in [3.63, 3.8) is 0 Å². The minimum absolute atomic E-state index is 0.335. The van der Waals surface area contributed by atoms with Crippen molar-refractivity contribution in [1.82, 2.24) is 5.32 Å². The fourth-order valence-electron chi connectivity index (χ4n) is 0.978. The highest BCUT2D eigenvalue weighted by Crippen LogP contribution is 2.06. The first-order valence-electron chi connectivity index (χ1n) is 3.37. The predicted molar refractivity (Wildman–Crippen MR) is 35.1 cm³/mol. The molecule has 0 radical (unpaired) electrons. The molecule has 2 N–H and O–H groups in total. The molecule has 1 rings (SSSR count). The van der Waals surface area contributed by atoms with Gasteiger partial charge in [0.1, 0.15) is 0 Å². The van der Waals surface area contributed by atoms with Crippen LogP contribution in [-0.4, -0.2) is 29.8 Å². The van der Waals surface area contributed by atoms with E-state index in [1.807, 2.05) is 0 Å². The van der Waals surface area contributed by atoms with Gasteiger partial charge in [-0.3, -0.25) is 4.79 Å². The summed E-state index contributed by atoms with van der Waals surface area (Å²) in [6.07, 6.45) is -0.949. The number of nitrogens with one attached hydrogen (secondary N) is 1. The van der Waals surface area contributed by atoms with Crippen molar-refractivity contribution in [3.8, 4) is 0 Å². The number of hydrogen-bond donors (Lipinski definition) is 2. The number of carbonyl (C=O) groups excluding carboxylic acids is 1. The van der Waals surface area contributed by atoms with E-state index >= 15 is 0 Å². The Labute approximate surface area is 63.3 Å². The molecule has 0 aromatic carbocycles. The Bertz CT molecular complexity index is 179. The number of carboxylic acid groups (broad SMARTS) is 1. The highest BCUT2D eigenvalue weighted by molar-refractivity contribution is 5.83. The lowest BCUT2D eigenvalue weighted by molar-refractivity contribution is -0.132. The zero-order valence-corrected chi connectivity index (χ0v) is 5.87. The largest absolute Gasteiger partial charge is 0.506 e. The number of piperidine rings is 1. The van der Waals surface area contributed by atoms with E-state index in [0.717, 1.165) is 6.42 Å². The maximum absolute atomic E-state index is 10.8. The summed E-state index contributed by atoms with van der Waals surface area (Å²) in [4.78, 5) is 20.8. The molecular weight excluding hydrogens is 150 g/mol. The quantitative estimate of drug-likeness (QED) is 0.526. The molecule has 1 heterocycles. The Balaban J connectivity index is 2.42. The second-order valence-corrected chi connectivity index (χ2v) is 2.31. The molecule has 0 aromatic heterocycles. The van der Waals surface area contributed by atoms with Gasteiger partial charge in [-0.25, -0.2) is 4.79 Å². The zero-order valence-electron chi connectivity index (χ0n) is 5.87. The van der Waals surface area contributed by atoms with E-state index in [-0.39, 0.29) is 5.91 Å². The zero-order chi connectivity index (χ0) is 8.27. The van der Waals surface area contributed by atoms with Crippen LogP contribution in [0.5, 0.6) is 0 Å². The molecule has 0 saturated carbocycles. The van der Waals surface area contributed by atoms with Crippen molar-refractivity contribution in [2.45, 2.75) is 18.9 Å². The van der Waals surface area contributed by atoms with E-state index < -0.39 is 12.3 Å². The van der Waals surface area contributed by atoms with Gasteiger partial charge in [-0.1, -0.05) is 0 Å². The fraction of sp³-hybridized carbons (Fsp3) is 0.667. The van der Waals surface area contributed by atoms with Crippen molar-refractivity contribution in [2.24, 2.45) is 0 Å². The number of hydrogen-bond acceptors (Lipinski definition) is 3. The molecule has 0 unspecified atom stereocenters. The summed E-state index contributed by atoms with van der Waals surface area (Å²) in [5.74, 6) is -0.335. The van der Waals surface area contributed by atoms with Crippen LogP contribution in [0.4, 0.5) is 4.79 Å². The van der Waals surface area contributed by atoms with E-state index in [4.69, 9.17) is 5.11 Å². The Kier molecular flexibility index (Phi) is 2.30. The average Bonchev–Trinajstić information content (AvgIpc) is 1.93. The Hall–Kier alpha value is -1.26. The van der Waals surface area contributed by atoms with Crippen molar-refractivity contribution in [2.75, 3.05) is 6.54 Å². The van der Waals surface area contributed by atoms with Crippen LogP contribution in [0.1, 0.15) is 12.8 Å². The number of rotatable bonds is 1. The van der Waals surface area contributed by atoms with Gasteiger partial charge in [0, 0.05) is 6.54 Å². The molecule has 1 atom stereocenters. The summed E-state index contributed by atoms with van der Waals surface area (Å²) < 4.78 is 4.31. The minimum atomic E-state index is -1.40. The van der Waals surface area contributed by atoms with Gasteiger partial charge in [0.2, 0.25) is 0 Å². The number of ether oxygens (including phenoxy) is 1. The molecule has 1 fully saturated rings. The van der Waals surface area contributed by atoms with Crippen molar-refractivity contribution >= 4 is 12.1 Å². The summed E-state index contributed by atoms with van der Waals surface area (Å²) in [6, 6.07) is 0. The molecule has 1 amide bonds. The summed E-state index contributed by atoms with van der Waals surface area (Å²) >= 11 is 0. The summed E-state index contributed by atoms with van der Waals surface area (Å²) in [5, 5.41) is 10.7. The van der Waals surface area contributed by atoms with Gasteiger partial charge < -0.3 is 15.2 Å². The molecule has 0 bridgehead atoms. The third-order valence-corrected chi connectivity index (χ3v) is 1.48. The highest BCUT2D eigenvalue weighted by atomic mass is 16.7. The van der Waals surface area contributed by atoms with Crippen LogP contribution in [0.3, 0.4) is 0 Å². The highest BCUT2D eigenvalue weighted by Gasteiger charge is 2.25. The van der Waals surface area contributed by atoms with E-state index in [1.54, 1.807) is 0 Å². The molecular formula is C6H9NO4. The molecule has 0 spiro atoms. The molecule has 1 saturated heterocycles. The van der Waals surface area contributed by atoms with Gasteiger partial charge in [-0.2, -0.15) is 0 Å². The normalized spacial score (nSPS) is 24.0.